The summed E-state index contributed by atoms with van der Waals surface area (Å²) in [6.45, 7) is 4.35. The van der Waals surface area contributed by atoms with Gasteiger partial charge in [-0.15, -0.1) is 0 Å². The number of furan rings is 1. The van der Waals surface area contributed by atoms with Crippen molar-refractivity contribution in [2.45, 2.75) is 13.0 Å². The molecule has 1 N–H and O–H groups in total. The first-order valence-corrected chi connectivity index (χ1v) is 9.88. The molecule has 2 aliphatic heterocycles. The number of nitrogens with zero attached hydrogens (tertiary/aromatic N) is 2. The minimum atomic E-state index is -0.460. The van der Waals surface area contributed by atoms with E-state index in [4.69, 9.17) is 26.1 Å². The first-order chi connectivity index (χ1) is 14.1. The molecule has 29 heavy (non-hydrogen) atoms. The highest BCUT2D eigenvalue weighted by Gasteiger charge is 2.20. The van der Waals surface area contributed by atoms with Gasteiger partial charge in [-0.25, -0.2) is 4.79 Å². The molecule has 0 atom stereocenters. The van der Waals surface area contributed by atoms with Crippen LogP contribution in [0.2, 0.25) is 0 Å². The molecule has 4 rings (SSSR count). The second-order valence-electron chi connectivity index (χ2n) is 6.87. The lowest BCUT2D eigenvalue weighted by molar-refractivity contribution is 0.0561. The fourth-order valence-electron chi connectivity index (χ4n) is 3.40. The fraction of sp³-hybridized carbons (Fsp3) is 0.400. The van der Waals surface area contributed by atoms with Crippen molar-refractivity contribution < 1.29 is 23.4 Å². The van der Waals surface area contributed by atoms with Gasteiger partial charge in [-0.05, 0) is 42.9 Å². The molecule has 0 saturated carbocycles. The van der Waals surface area contributed by atoms with Crippen molar-refractivity contribution in [1.82, 2.24) is 9.80 Å². The molecule has 9 heteroatoms. The quantitative estimate of drug-likeness (QED) is 0.597. The Morgan fingerprint density at radius 1 is 1.14 bits per heavy atom. The van der Waals surface area contributed by atoms with E-state index in [1.54, 1.807) is 6.07 Å². The Morgan fingerprint density at radius 2 is 2.00 bits per heavy atom. The molecule has 3 heterocycles. The molecule has 8 nitrogen and oxygen atoms in total. The molecule has 0 radical (unpaired) electrons. The zero-order valence-electron chi connectivity index (χ0n) is 16.2. The van der Waals surface area contributed by atoms with Gasteiger partial charge in [-0.2, -0.15) is 0 Å². The van der Waals surface area contributed by atoms with Gasteiger partial charge in [-0.3, -0.25) is 4.90 Å². The second-order valence-corrected chi connectivity index (χ2v) is 7.26. The molecule has 1 aromatic carbocycles. The number of nitrogens with one attached hydrogen (secondary N) is 1. The Labute approximate surface area is 174 Å². The number of esters is 1. The van der Waals surface area contributed by atoms with Crippen LogP contribution in [0.25, 0.3) is 0 Å². The van der Waals surface area contributed by atoms with Gasteiger partial charge in [0, 0.05) is 37.9 Å². The molecule has 0 amide bonds. The molecule has 0 aliphatic carbocycles. The number of fused-ring (bicyclic) bond motifs is 1. The van der Waals surface area contributed by atoms with E-state index in [1.807, 2.05) is 24.3 Å². The molecular formula is C20H23N3O5S. The van der Waals surface area contributed by atoms with Gasteiger partial charge in [0.1, 0.15) is 5.76 Å². The predicted octanol–water partition coefficient (Wildman–Crippen LogP) is 2.70. The van der Waals surface area contributed by atoms with Gasteiger partial charge in [0.2, 0.25) is 12.6 Å². The van der Waals surface area contributed by atoms with Crippen LogP contribution in [0.1, 0.15) is 22.7 Å². The topological polar surface area (TPSA) is 76.4 Å². The first-order valence-electron chi connectivity index (χ1n) is 9.47. The monoisotopic (exact) mass is 417 g/mol. The van der Waals surface area contributed by atoms with Crippen molar-refractivity contribution in [3.8, 4) is 11.5 Å². The highest BCUT2D eigenvalue weighted by molar-refractivity contribution is 7.80. The van der Waals surface area contributed by atoms with Gasteiger partial charge in [-0.1, -0.05) is 0 Å². The Morgan fingerprint density at radius 3 is 2.86 bits per heavy atom. The number of thiocarbonyl (C=S) groups is 1. The van der Waals surface area contributed by atoms with Crippen LogP contribution >= 0.6 is 12.2 Å². The second kappa shape index (κ2) is 8.71. The normalized spacial score (nSPS) is 16.4. The Hall–Kier alpha value is -2.78. The van der Waals surface area contributed by atoms with E-state index in [1.165, 1.54) is 7.11 Å². The third-order valence-corrected chi connectivity index (χ3v) is 5.29. The van der Waals surface area contributed by atoms with E-state index in [9.17, 15) is 4.79 Å². The van der Waals surface area contributed by atoms with Crippen LogP contribution in [-0.4, -0.2) is 61.0 Å². The molecule has 1 fully saturated rings. The number of hydrogen-bond donors (Lipinski definition) is 1. The number of hydrogen-bond acceptors (Lipinski definition) is 7. The third kappa shape index (κ3) is 4.63. The maximum absolute atomic E-state index is 11.5. The SMILES string of the molecule is COC(=O)c1ccc(CN2CCCN(C(=S)Nc3ccc4c(c3)OCO4)CC2)o1. The lowest BCUT2D eigenvalue weighted by Crippen LogP contribution is -2.37. The Balaban J connectivity index is 1.30. The number of ether oxygens (including phenoxy) is 3. The summed E-state index contributed by atoms with van der Waals surface area (Å²) in [7, 11) is 1.34. The molecule has 0 bridgehead atoms. The van der Waals surface area contributed by atoms with Crippen molar-refractivity contribution >= 4 is 29.0 Å². The van der Waals surface area contributed by atoms with Crippen molar-refractivity contribution in [3.63, 3.8) is 0 Å². The van der Waals surface area contributed by atoms with Gasteiger partial charge in [0.15, 0.2) is 16.6 Å². The molecule has 1 aromatic heterocycles. The van der Waals surface area contributed by atoms with Crippen LogP contribution < -0.4 is 14.8 Å². The zero-order chi connectivity index (χ0) is 20.2. The molecule has 2 aliphatic rings. The molecular weight excluding hydrogens is 394 g/mol. The zero-order valence-corrected chi connectivity index (χ0v) is 17.0. The summed E-state index contributed by atoms with van der Waals surface area (Å²) in [5.41, 5.74) is 0.881. The molecule has 0 spiro atoms. The largest absolute Gasteiger partial charge is 0.463 e. The summed E-state index contributed by atoms with van der Waals surface area (Å²) < 4.78 is 21.0. The maximum atomic E-state index is 11.5. The number of carbonyl (C=O) groups is 1. The number of carbonyl (C=O) groups excluding carboxylic acids is 1. The number of methoxy groups -OCH3 is 1. The van der Waals surface area contributed by atoms with E-state index in [0.717, 1.165) is 55.5 Å². The van der Waals surface area contributed by atoms with Crippen molar-refractivity contribution in [2.24, 2.45) is 0 Å². The number of benzene rings is 1. The summed E-state index contributed by atoms with van der Waals surface area (Å²) in [5, 5.41) is 3.98. The van der Waals surface area contributed by atoms with Crippen LogP contribution in [0, 0.1) is 0 Å². The maximum Gasteiger partial charge on any atom is 0.373 e. The summed E-state index contributed by atoms with van der Waals surface area (Å²) in [6, 6.07) is 9.17. The minimum Gasteiger partial charge on any atom is -0.463 e. The number of anilines is 1. The van der Waals surface area contributed by atoms with E-state index < -0.39 is 5.97 Å². The molecule has 2 aromatic rings. The standard InChI is InChI=1S/C20H23N3O5S/c1-25-19(24)17-6-4-15(28-17)12-22-7-2-8-23(10-9-22)20(29)21-14-3-5-16-18(11-14)27-13-26-16/h3-6,11H,2,7-10,12-13H2,1H3,(H,21,29). The summed E-state index contributed by atoms with van der Waals surface area (Å²) in [5.74, 6) is 2.00. The summed E-state index contributed by atoms with van der Waals surface area (Å²) >= 11 is 5.61. The van der Waals surface area contributed by atoms with Gasteiger partial charge in [0.25, 0.3) is 0 Å². The van der Waals surface area contributed by atoms with Crippen LogP contribution in [0.15, 0.2) is 34.7 Å². The highest BCUT2D eigenvalue weighted by Crippen LogP contribution is 2.34. The molecule has 154 valence electrons. The highest BCUT2D eigenvalue weighted by atomic mass is 32.1. The Kier molecular flexibility index (Phi) is 5.86. The van der Waals surface area contributed by atoms with Crippen molar-refractivity contribution in [3.05, 3.63) is 41.9 Å². The summed E-state index contributed by atoms with van der Waals surface area (Å²) in [4.78, 5) is 16.0. The molecule has 0 unspecified atom stereocenters. The van der Waals surface area contributed by atoms with Crippen LogP contribution in [0.4, 0.5) is 5.69 Å². The predicted molar refractivity (Wildman–Crippen MR) is 110 cm³/mol. The van der Waals surface area contributed by atoms with Crippen molar-refractivity contribution in [2.75, 3.05) is 45.4 Å². The smallest absolute Gasteiger partial charge is 0.373 e. The lowest BCUT2D eigenvalue weighted by Gasteiger charge is -2.24. The van der Waals surface area contributed by atoms with Crippen LogP contribution in [-0.2, 0) is 11.3 Å². The average Bonchev–Trinajstić information content (AvgIpc) is 3.32. The molecule has 1 saturated heterocycles. The van der Waals surface area contributed by atoms with Gasteiger partial charge < -0.3 is 28.8 Å². The van der Waals surface area contributed by atoms with Gasteiger partial charge >= 0.3 is 5.97 Å². The van der Waals surface area contributed by atoms with Crippen LogP contribution in [0.5, 0.6) is 11.5 Å². The first kappa shape index (κ1) is 19.5. The van der Waals surface area contributed by atoms with E-state index in [0.29, 0.717) is 11.7 Å². The van der Waals surface area contributed by atoms with Crippen LogP contribution in [0.3, 0.4) is 0 Å². The third-order valence-electron chi connectivity index (χ3n) is 4.93. The number of rotatable bonds is 4. The minimum absolute atomic E-state index is 0.230. The fourth-order valence-corrected chi connectivity index (χ4v) is 3.70. The van der Waals surface area contributed by atoms with Crippen molar-refractivity contribution in [1.29, 1.82) is 0 Å². The summed E-state index contributed by atoms with van der Waals surface area (Å²) in [6.07, 6.45) is 0.980. The lowest BCUT2D eigenvalue weighted by atomic mass is 10.3. The van der Waals surface area contributed by atoms with E-state index >= 15 is 0 Å². The Bertz CT molecular complexity index is 900. The van der Waals surface area contributed by atoms with Gasteiger partial charge in [0.05, 0.1) is 13.7 Å². The van der Waals surface area contributed by atoms with E-state index in [-0.39, 0.29) is 12.6 Å². The average molecular weight is 417 g/mol. The van der Waals surface area contributed by atoms with E-state index in [2.05, 4.69) is 19.9 Å².